The van der Waals surface area contributed by atoms with Crippen LogP contribution in [0.5, 0.6) is 0 Å². The Bertz CT molecular complexity index is 1560. The largest absolute Gasteiger partial charge is 0.387 e. The van der Waals surface area contributed by atoms with Crippen LogP contribution in [0.1, 0.15) is 45.0 Å². The third-order valence-corrected chi connectivity index (χ3v) is 7.98. The summed E-state index contributed by atoms with van der Waals surface area (Å²) in [5.74, 6) is -0.577. The van der Waals surface area contributed by atoms with Crippen LogP contribution >= 0.6 is 22.9 Å². The minimum atomic E-state index is -0.724. The zero-order valence-electron chi connectivity index (χ0n) is 22.2. The predicted octanol–water partition coefficient (Wildman–Crippen LogP) is 4.62. The third kappa shape index (κ3) is 6.75. The fraction of sp³-hybridized carbons (Fsp3) is 0.276. The van der Waals surface area contributed by atoms with Crippen LogP contribution in [0.15, 0.2) is 59.5 Å². The van der Waals surface area contributed by atoms with E-state index in [0.717, 1.165) is 27.1 Å². The van der Waals surface area contributed by atoms with Gasteiger partial charge >= 0.3 is 0 Å². The summed E-state index contributed by atoms with van der Waals surface area (Å²) in [6.07, 6.45) is 0.863. The van der Waals surface area contributed by atoms with Gasteiger partial charge in [0.25, 0.3) is 5.91 Å². The number of rotatable bonds is 9. The summed E-state index contributed by atoms with van der Waals surface area (Å²) in [6, 6.07) is 14.3. The van der Waals surface area contributed by atoms with Crippen LogP contribution in [-0.2, 0) is 24.9 Å². The molecule has 0 saturated heterocycles. The highest BCUT2D eigenvalue weighted by Crippen LogP contribution is 2.30. The molecule has 0 aliphatic heterocycles. The first-order valence-electron chi connectivity index (χ1n) is 12.4. The maximum absolute atomic E-state index is 13.3. The highest BCUT2D eigenvalue weighted by molar-refractivity contribution is 7.19. The number of aliphatic hydroxyl groups excluding tert-OH is 1. The average Bonchev–Trinajstić information content (AvgIpc) is 3.22. The number of hydrogen-bond donors (Lipinski definition) is 3. The quantitative estimate of drug-likeness (QED) is 0.274. The first kappa shape index (κ1) is 28.5. The number of pyridine rings is 1. The Morgan fingerprint density at radius 3 is 2.44 bits per heavy atom. The van der Waals surface area contributed by atoms with Crippen molar-refractivity contribution < 1.29 is 14.7 Å². The van der Waals surface area contributed by atoms with Gasteiger partial charge in [-0.05, 0) is 54.9 Å². The van der Waals surface area contributed by atoms with Crippen molar-refractivity contribution in [3.05, 3.63) is 97.1 Å². The molecule has 3 N–H and O–H groups in total. The number of aliphatic hydroxyl groups is 1. The molecule has 1 atom stereocenters. The molecule has 0 spiro atoms. The van der Waals surface area contributed by atoms with E-state index in [-0.39, 0.29) is 23.4 Å². The Kier molecular flexibility index (Phi) is 8.87. The molecule has 2 aromatic heterocycles. The van der Waals surface area contributed by atoms with Crippen LogP contribution in [0, 0.1) is 6.92 Å². The Balaban J connectivity index is 1.48. The number of halogens is 1. The summed E-state index contributed by atoms with van der Waals surface area (Å²) < 4.78 is 2.36. The van der Waals surface area contributed by atoms with Crippen LogP contribution in [0.2, 0.25) is 5.02 Å². The van der Waals surface area contributed by atoms with Gasteiger partial charge in [-0.1, -0.05) is 35.9 Å². The standard InChI is InChI=1S/C29H31ClN4O4S/c1-17-25(16-33(3)15-24(36)20-7-11-22(12-8-20)32-18(2)35)39-28-26(17)34(4)14-23(27(28)37)29(38)31-13-19-5-9-21(30)10-6-19/h5-12,14,24,36H,13,15-16H2,1-4H3,(H,31,38)(H,32,35). The number of nitrogens with one attached hydrogen (secondary N) is 2. The predicted molar refractivity (Wildman–Crippen MR) is 156 cm³/mol. The number of benzene rings is 2. The second-order valence-electron chi connectivity index (χ2n) is 9.64. The summed E-state index contributed by atoms with van der Waals surface area (Å²) in [6.45, 7) is 4.61. The van der Waals surface area contributed by atoms with E-state index in [1.807, 2.05) is 42.6 Å². The summed E-state index contributed by atoms with van der Waals surface area (Å²) in [5, 5.41) is 16.9. The van der Waals surface area contributed by atoms with Gasteiger partial charge in [-0.25, -0.2) is 0 Å². The molecule has 4 rings (SSSR count). The van der Waals surface area contributed by atoms with Crippen LogP contribution < -0.4 is 16.1 Å². The number of anilines is 1. The minimum Gasteiger partial charge on any atom is -0.387 e. The number of nitrogens with zero attached hydrogens (tertiary/aromatic N) is 2. The van der Waals surface area contributed by atoms with Crippen molar-refractivity contribution in [2.45, 2.75) is 33.0 Å². The monoisotopic (exact) mass is 566 g/mol. The third-order valence-electron chi connectivity index (χ3n) is 6.47. The number of aromatic nitrogens is 1. The van der Waals surface area contributed by atoms with Crippen molar-refractivity contribution in [2.75, 3.05) is 18.9 Å². The molecule has 10 heteroatoms. The molecule has 1 unspecified atom stereocenters. The average molecular weight is 567 g/mol. The second-order valence-corrected chi connectivity index (χ2v) is 11.2. The van der Waals surface area contributed by atoms with E-state index in [4.69, 9.17) is 11.6 Å². The van der Waals surface area contributed by atoms with Crippen molar-refractivity contribution in [2.24, 2.45) is 7.05 Å². The highest BCUT2D eigenvalue weighted by atomic mass is 35.5. The molecule has 204 valence electrons. The number of carbonyl (C=O) groups is 2. The van der Waals surface area contributed by atoms with E-state index in [1.165, 1.54) is 18.3 Å². The number of carbonyl (C=O) groups excluding carboxylic acids is 2. The van der Waals surface area contributed by atoms with Crippen LogP contribution in [0.25, 0.3) is 10.2 Å². The number of thiophene rings is 1. The van der Waals surface area contributed by atoms with Crippen molar-refractivity contribution >= 4 is 50.7 Å². The molecule has 39 heavy (non-hydrogen) atoms. The van der Waals surface area contributed by atoms with Crippen molar-refractivity contribution in [3.63, 3.8) is 0 Å². The number of amides is 2. The van der Waals surface area contributed by atoms with E-state index >= 15 is 0 Å². The molecular weight excluding hydrogens is 536 g/mol. The molecule has 8 nitrogen and oxygen atoms in total. The molecule has 4 aromatic rings. The smallest absolute Gasteiger partial charge is 0.257 e. The Morgan fingerprint density at radius 2 is 1.79 bits per heavy atom. The normalized spacial score (nSPS) is 12.1. The topological polar surface area (TPSA) is 104 Å². The van der Waals surface area contributed by atoms with Gasteiger partial charge < -0.3 is 20.3 Å². The molecule has 2 aromatic carbocycles. The van der Waals surface area contributed by atoms with Crippen LogP contribution in [0.3, 0.4) is 0 Å². The first-order chi connectivity index (χ1) is 18.5. The zero-order valence-corrected chi connectivity index (χ0v) is 23.8. The second kappa shape index (κ2) is 12.1. The maximum Gasteiger partial charge on any atom is 0.257 e. The SMILES string of the molecule is CC(=O)Nc1ccc(C(O)CN(C)Cc2sc3c(=O)c(C(=O)NCc4ccc(Cl)cc4)cn(C)c3c2C)cc1. The minimum absolute atomic E-state index is 0.0956. The summed E-state index contributed by atoms with van der Waals surface area (Å²) in [5.41, 5.74) is 3.88. The van der Waals surface area contributed by atoms with Crippen LogP contribution in [-0.4, -0.2) is 40.0 Å². The number of hydrogen-bond acceptors (Lipinski definition) is 6. The van der Waals surface area contributed by atoms with E-state index in [0.29, 0.717) is 28.5 Å². The van der Waals surface area contributed by atoms with E-state index in [2.05, 4.69) is 10.6 Å². The van der Waals surface area contributed by atoms with Crippen LogP contribution in [0.4, 0.5) is 5.69 Å². The van der Waals surface area contributed by atoms with Crippen molar-refractivity contribution in [3.8, 4) is 0 Å². The lowest BCUT2D eigenvalue weighted by atomic mass is 10.1. The van der Waals surface area contributed by atoms with Gasteiger partial charge in [0.1, 0.15) is 5.56 Å². The molecule has 0 aliphatic rings. The fourth-order valence-electron chi connectivity index (χ4n) is 4.46. The van der Waals surface area contributed by atoms with Gasteiger partial charge in [0.15, 0.2) is 0 Å². The lowest BCUT2D eigenvalue weighted by molar-refractivity contribution is -0.114. The Labute approximate surface area is 235 Å². The first-order valence-corrected chi connectivity index (χ1v) is 13.6. The van der Waals surface area contributed by atoms with E-state index in [1.54, 1.807) is 42.6 Å². The van der Waals surface area contributed by atoms with Gasteiger partial charge in [0.2, 0.25) is 11.3 Å². The van der Waals surface area contributed by atoms with Gasteiger partial charge in [-0.15, -0.1) is 11.3 Å². The zero-order chi connectivity index (χ0) is 28.3. The van der Waals surface area contributed by atoms with Gasteiger partial charge in [-0.3, -0.25) is 19.3 Å². The molecule has 0 bridgehead atoms. The summed E-state index contributed by atoms with van der Waals surface area (Å²) >= 11 is 7.30. The highest BCUT2D eigenvalue weighted by Gasteiger charge is 2.21. The number of fused-ring (bicyclic) bond motifs is 1. The molecule has 0 saturated carbocycles. The molecule has 2 heterocycles. The number of aryl methyl sites for hydroxylation is 2. The fourth-order valence-corrected chi connectivity index (χ4v) is 5.97. The van der Waals surface area contributed by atoms with E-state index in [9.17, 15) is 19.5 Å². The molecule has 0 radical (unpaired) electrons. The summed E-state index contributed by atoms with van der Waals surface area (Å²) in [4.78, 5) is 40.4. The van der Waals surface area contributed by atoms with Gasteiger partial charge in [0.05, 0.1) is 16.3 Å². The molecule has 0 fully saturated rings. The van der Waals surface area contributed by atoms with Gasteiger partial charge in [0, 0.05) is 55.4 Å². The molecule has 0 aliphatic carbocycles. The van der Waals surface area contributed by atoms with Crippen molar-refractivity contribution in [1.82, 2.24) is 14.8 Å². The number of likely N-dealkylation sites (N-methyl/N-ethyl adjacent to an activating group) is 1. The summed E-state index contributed by atoms with van der Waals surface area (Å²) in [7, 11) is 3.74. The molecule has 2 amide bonds. The van der Waals surface area contributed by atoms with Crippen molar-refractivity contribution in [1.29, 1.82) is 0 Å². The van der Waals surface area contributed by atoms with E-state index < -0.39 is 12.0 Å². The Morgan fingerprint density at radius 1 is 1.13 bits per heavy atom. The lowest BCUT2D eigenvalue weighted by Gasteiger charge is -2.21. The maximum atomic E-state index is 13.3. The Hall–Kier alpha value is -3.50. The van der Waals surface area contributed by atoms with Gasteiger partial charge in [-0.2, -0.15) is 0 Å². The lowest BCUT2D eigenvalue weighted by Crippen LogP contribution is -2.29. The molecular formula is C29H31ClN4O4S.